The summed E-state index contributed by atoms with van der Waals surface area (Å²) in [4.78, 5) is 0. The summed E-state index contributed by atoms with van der Waals surface area (Å²) in [5.41, 5.74) is 2.25. The Kier molecular flexibility index (Phi) is 5.60. The predicted octanol–water partition coefficient (Wildman–Crippen LogP) is 6.07. The molecule has 0 aromatic heterocycles. The van der Waals surface area contributed by atoms with Gasteiger partial charge in [-0.1, -0.05) is 59.9 Å². The van der Waals surface area contributed by atoms with Crippen LogP contribution in [0.15, 0.2) is 51.4 Å². The van der Waals surface area contributed by atoms with E-state index in [2.05, 4.69) is 59.9 Å². The van der Waals surface area contributed by atoms with E-state index in [1.54, 1.807) is 6.07 Å². The van der Waals surface area contributed by atoms with E-state index in [9.17, 15) is 4.39 Å². The summed E-state index contributed by atoms with van der Waals surface area (Å²) in [6, 6.07) is 13.3. The number of hydrogen-bond acceptors (Lipinski definition) is 0. The van der Waals surface area contributed by atoms with Crippen molar-refractivity contribution in [3.05, 3.63) is 68.4 Å². The van der Waals surface area contributed by atoms with Crippen molar-refractivity contribution < 1.29 is 4.39 Å². The quantitative estimate of drug-likeness (QED) is 0.496. The van der Waals surface area contributed by atoms with E-state index in [4.69, 9.17) is 0 Å². The molecule has 2 aromatic carbocycles. The van der Waals surface area contributed by atoms with Gasteiger partial charge in [0.05, 0.1) is 0 Å². The molecule has 2 aromatic rings. The minimum Gasteiger partial charge on any atom is -0.207 e. The van der Waals surface area contributed by atoms with E-state index < -0.39 is 0 Å². The molecule has 0 aliphatic heterocycles. The minimum absolute atomic E-state index is 0.200. The number of rotatable bonds is 4. The van der Waals surface area contributed by atoms with Crippen LogP contribution in [-0.2, 0) is 6.42 Å². The van der Waals surface area contributed by atoms with Gasteiger partial charge in [0, 0.05) is 14.3 Å². The molecule has 100 valence electrons. The fourth-order valence-corrected chi connectivity index (χ4v) is 3.39. The molecule has 0 fully saturated rings. The Labute approximate surface area is 137 Å². The average molecular weight is 451 g/mol. The number of hydrogen-bond donors (Lipinski definition) is 0. The summed E-state index contributed by atoms with van der Waals surface area (Å²) < 4.78 is 15.2. The molecule has 0 N–H and O–H groups in total. The van der Waals surface area contributed by atoms with Gasteiger partial charge in [-0.2, -0.15) is 0 Å². The van der Waals surface area contributed by atoms with Gasteiger partial charge in [0.2, 0.25) is 0 Å². The third kappa shape index (κ3) is 4.40. The average Bonchev–Trinajstić information content (AvgIpc) is 2.36. The van der Waals surface area contributed by atoms with Crippen molar-refractivity contribution in [2.24, 2.45) is 0 Å². The molecule has 0 amide bonds. The van der Waals surface area contributed by atoms with Gasteiger partial charge in [-0.3, -0.25) is 0 Å². The molecule has 0 spiro atoms. The summed E-state index contributed by atoms with van der Waals surface area (Å²) in [6.07, 6.45) is 0.809. The lowest BCUT2D eigenvalue weighted by atomic mass is 9.94. The first kappa shape index (κ1) is 15.2. The lowest BCUT2D eigenvalue weighted by molar-refractivity contribution is 0.622. The highest BCUT2D eigenvalue weighted by molar-refractivity contribution is 9.10. The third-order valence-electron chi connectivity index (χ3n) is 2.93. The van der Waals surface area contributed by atoms with Crippen molar-refractivity contribution in [1.82, 2.24) is 0 Å². The second-order valence-electron chi connectivity index (χ2n) is 4.38. The molecule has 1 unspecified atom stereocenters. The zero-order valence-corrected chi connectivity index (χ0v) is 14.8. The highest BCUT2D eigenvalue weighted by atomic mass is 79.9. The minimum atomic E-state index is -0.200. The van der Waals surface area contributed by atoms with Crippen LogP contribution in [0.25, 0.3) is 0 Å². The van der Waals surface area contributed by atoms with Gasteiger partial charge in [0.25, 0.3) is 0 Å². The van der Waals surface area contributed by atoms with Crippen LogP contribution < -0.4 is 0 Å². The van der Waals surface area contributed by atoms with Crippen molar-refractivity contribution in [1.29, 1.82) is 0 Å². The smallest absolute Gasteiger partial charge is 0.124 e. The van der Waals surface area contributed by atoms with E-state index in [0.29, 0.717) is 5.92 Å². The second kappa shape index (κ2) is 7.00. The standard InChI is InChI=1S/C15H12Br3F/c16-9-12(11-1-3-13(17)4-2-11)5-10-6-14(18)8-15(19)7-10/h1-4,6-8,12H,5,9H2. The zero-order valence-electron chi connectivity index (χ0n) is 10.0. The van der Waals surface area contributed by atoms with Crippen LogP contribution in [0.3, 0.4) is 0 Å². The Bertz CT molecular complexity index is 532. The predicted molar refractivity (Wildman–Crippen MR) is 88.5 cm³/mol. The van der Waals surface area contributed by atoms with E-state index in [1.165, 1.54) is 11.6 Å². The van der Waals surface area contributed by atoms with E-state index in [0.717, 1.165) is 26.3 Å². The normalized spacial score (nSPS) is 12.4. The molecule has 2 rings (SSSR count). The molecule has 0 saturated heterocycles. The fourth-order valence-electron chi connectivity index (χ4n) is 2.01. The SMILES string of the molecule is Fc1cc(Br)cc(CC(CBr)c2ccc(Br)cc2)c1. The van der Waals surface area contributed by atoms with Crippen molar-refractivity contribution in [2.75, 3.05) is 5.33 Å². The van der Waals surface area contributed by atoms with Crippen LogP contribution in [0.5, 0.6) is 0 Å². The molecule has 0 saturated carbocycles. The maximum absolute atomic E-state index is 13.4. The molecule has 19 heavy (non-hydrogen) atoms. The lowest BCUT2D eigenvalue weighted by Crippen LogP contribution is -2.04. The van der Waals surface area contributed by atoms with Crippen LogP contribution in [0.2, 0.25) is 0 Å². The molecule has 0 aliphatic rings. The summed E-state index contributed by atoms with van der Waals surface area (Å²) in [7, 11) is 0. The first-order chi connectivity index (χ1) is 9.08. The monoisotopic (exact) mass is 448 g/mol. The van der Waals surface area contributed by atoms with Gasteiger partial charge >= 0.3 is 0 Å². The van der Waals surface area contributed by atoms with Gasteiger partial charge in [-0.15, -0.1) is 0 Å². The molecule has 4 heteroatoms. The summed E-state index contributed by atoms with van der Waals surface area (Å²) in [5, 5.41) is 0.850. The molecular weight excluding hydrogens is 439 g/mol. The van der Waals surface area contributed by atoms with Crippen molar-refractivity contribution in [3.63, 3.8) is 0 Å². The van der Waals surface area contributed by atoms with Gasteiger partial charge < -0.3 is 0 Å². The highest BCUT2D eigenvalue weighted by Gasteiger charge is 2.12. The molecule has 0 radical (unpaired) electrons. The van der Waals surface area contributed by atoms with Gasteiger partial charge in [-0.25, -0.2) is 4.39 Å². The Morgan fingerprint density at radius 3 is 2.21 bits per heavy atom. The van der Waals surface area contributed by atoms with Crippen molar-refractivity contribution >= 4 is 47.8 Å². The highest BCUT2D eigenvalue weighted by Crippen LogP contribution is 2.26. The summed E-state index contributed by atoms with van der Waals surface area (Å²) in [5.74, 6) is 0.135. The Balaban J connectivity index is 2.21. The van der Waals surface area contributed by atoms with Crippen molar-refractivity contribution in [3.8, 4) is 0 Å². The molecular formula is C15H12Br3F. The largest absolute Gasteiger partial charge is 0.207 e. The van der Waals surface area contributed by atoms with Crippen LogP contribution in [0.4, 0.5) is 4.39 Å². The molecule has 1 atom stereocenters. The number of alkyl halides is 1. The van der Waals surface area contributed by atoms with Gasteiger partial charge in [-0.05, 0) is 53.8 Å². The Morgan fingerprint density at radius 2 is 1.63 bits per heavy atom. The Morgan fingerprint density at radius 1 is 0.947 bits per heavy atom. The molecule has 0 aliphatic carbocycles. The van der Waals surface area contributed by atoms with Crippen LogP contribution >= 0.6 is 47.8 Å². The van der Waals surface area contributed by atoms with Crippen LogP contribution in [0.1, 0.15) is 17.0 Å². The third-order valence-corrected chi connectivity index (χ3v) is 4.70. The van der Waals surface area contributed by atoms with Gasteiger partial charge in [0.15, 0.2) is 0 Å². The summed E-state index contributed by atoms with van der Waals surface area (Å²) in [6.45, 7) is 0. The number of benzene rings is 2. The topological polar surface area (TPSA) is 0 Å². The lowest BCUT2D eigenvalue weighted by Gasteiger charge is -2.15. The maximum atomic E-state index is 13.4. The number of halogens is 4. The first-order valence-corrected chi connectivity index (χ1v) is 8.55. The van der Waals surface area contributed by atoms with E-state index in [-0.39, 0.29) is 5.82 Å². The fraction of sp³-hybridized carbons (Fsp3) is 0.200. The van der Waals surface area contributed by atoms with Crippen molar-refractivity contribution in [2.45, 2.75) is 12.3 Å². The van der Waals surface area contributed by atoms with E-state index in [1.807, 2.05) is 18.2 Å². The van der Waals surface area contributed by atoms with E-state index >= 15 is 0 Å². The zero-order chi connectivity index (χ0) is 13.8. The summed E-state index contributed by atoms with van der Waals surface area (Å²) >= 11 is 10.3. The molecule has 0 bridgehead atoms. The molecule has 0 heterocycles. The second-order valence-corrected chi connectivity index (χ2v) is 6.86. The first-order valence-electron chi connectivity index (χ1n) is 5.85. The van der Waals surface area contributed by atoms with Crippen LogP contribution in [-0.4, -0.2) is 5.33 Å². The maximum Gasteiger partial charge on any atom is 0.124 e. The molecule has 0 nitrogen and oxygen atoms in total. The Hall–Kier alpha value is -0.190. The van der Waals surface area contributed by atoms with Crippen LogP contribution in [0, 0.1) is 5.82 Å². The van der Waals surface area contributed by atoms with Gasteiger partial charge in [0.1, 0.15) is 5.82 Å².